The van der Waals surface area contributed by atoms with Crippen molar-refractivity contribution in [2.75, 3.05) is 46.4 Å². The second-order valence-corrected chi connectivity index (χ2v) is 8.06. The van der Waals surface area contributed by atoms with Crippen LogP contribution >= 0.6 is 0 Å². The number of piperidine rings is 2. The van der Waals surface area contributed by atoms with Gasteiger partial charge < -0.3 is 14.5 Å². The minimum absolute atomic E-state index is 0.261. The molecule has 5 heteroatoms. The van der Waals surface area contributed by atoms with Gasteiger partial charge in [0.15, 0.2) is 0 Å². The molecule has 0 amide bonds. The van der Waals surface area contributed by atoms with Crippen molar-refractivity contribution in [2.45, 2.75) is 57.9 Å². The molecule has 3 rings (SSSR count). The fraction of sp³-hybridized carbons (Fsp3) is 0.696. The van der Waals surface area contributed by atoms with Crippen molar-refractivity contribution in [3.05, 3.63) is 29.8 Å². The lowest BCUT2D eigenvalue weighted by Gasteiger charge is -2.32. The minimum Gasteiger partial charge on any atom is -0.494 e. The van der Waals surface area contributed by atoms with Crippen LogP contribution in [0.25, 0.3) is 0 Å². The van der Waals surface area contributed by atoms with Crippen LogP contribution in [-0.4, -0.2) is 68.0 Å². The standard InChI is InChI=1S/C23H37N3O2/c1-20(26-17-7-4-8-18-26)23(24-27-2)21-10-12-22(13-11-21)28-19-9-16-25-14-5-3-6-15-25/h10-13,20H,3-9,14-19H2,1-2H3/b24-23-. The highest BCUT2D eigenvalue weighted by Gasteiger charge is 2.23. The third-order valence-electron chi connectivity index (χ3n) is 6.01. The molecule has 0 radical (unpaired) electrons. The number of oxime groups is 1. The van der Waals surface area contributed by atoms with Crippen LogP contribution in [0.5, 0.6) is 5.75 Å². The van der Waals surface area contributed by atoms with Crippen molar-refractivity contribution in [1.29, 1.82) is 0 Å². The van der Waals surface area contributed by atoms with Crippen LogP contribution in [0.15, 0.2) is 29.4 Å². The fourth-order valence-electron chi connectivity index (χ4n) is 4.33. The van der Waals surface area contributed by atoms with Crippen LogP contribution in [0, 0.1) is 0 Å². The Balaban J connectivity index is 1.50. The van der Waals surface area contributed by atoms with Crippen LogP contribution in [0.3, 0.4) is 0 Å². The molecule has 2 fully saturated rings. The molecule has 1 atom stereocenters. The first-order chi connectivity index (χ1) is 13.8. The molecule has 0 saturated carbocycles. The largest absolute Gasteiger partial charge is 0.494 e. The molecule has 1 unspecified atom stereocenters. The van der Waals surface area contributed by atoms with E-state index in [-0.39, 0.29) is 6.04 Å². The highest BCUT2D eigenvalue weighted by atomic mass is 16.6. The van der Waals surface area contributed by atoms with E-state index in [0.717, 1.165) is 49.7 Å². The fourth-order valence-corrected chi connectivity index (χ4v) is 4.33. The van der Waals surface area contributed by atoms with Crippen LogP contribution in [0.1, 0.15) is 57.4 Å². The lowest BCUT2D eigenvalue weighted by Crippen LogP contribution is -2.42. The zero-order valence-electron chi connectivity index (χ0n) is 17.7. The number of ether oxygens (including phenoxy) is 1. The topological polar surface area (TPSA) is 37.3 Å². The molecule has 1 aromatic rings. The average molecular weight is 388 g/mol. The summed E-state index contributed by atoms with van der Waals surface area (Å²) in [6, 6.07) is 8.60. The predicted molar refractivity (Wildman–Crippen MR) is 115 cm³/mol. The molecule has 0 spiro atoms. The van der Waals surface area contributed by atoms with Gasteiger partial charge in [-0.2, -0.15) is 0 Å². The monoisotopic (exact) mass is 387 g/mol. The Morgan fingerprint density at radius 1 is 0.964 bits per heavy atom. The van der Waals surface area contributed by atoms with E-state index in [0.29, 0.717) is 0 Å². The van der Waals surface area contributed by atoms with E-state index < -0.39 is 0 Å². The molecule has 1 aromatic carbocycles. The summed E-state index contributed by atoms with van der Waals surface area (Å²) in [5, 5.41) is 4.36. The molecule has 2 aliphatic heterocycles. The minimum atomic E-state index is 0.261. The average Bonchev–Trinajstić information content (AvgIpc) is 2.76. The number of hydrogen-bond acceptors (Lipinski definition) is 5. The molecule has 2 aliphatic rings. The molecule has 0 aromatic heterocycles. The molecule has 5 nitrogen and oxygen atoms in total. The first-order valence-electron chi connectivity index (χ1n) is 11.1. The summed E-state index contributed by atoms with van der Waals surface area (Å²) in [5.41, 5.74) is 2.11. The van der Waals surface area contributed by atoms with Gasteiger partial charge in [-0.3, -0.25) is 4.90 Å². The number of nitrogens with zero attached hydrogens (tertiary/aromatic N) is 3. The van der Waals surface area contributed by atoms with Crippen molar-refractivity contribution in [3.63, 3.8) is 0 Å². The Kier molecular flexibility index (Phi) is 8.62. The van der Waals surface area contributed by atoms with Gasteiger partial charge in [-0.25, -0.2) is 0 Å². The third kappa shape index (κ3) is 6.21. The van der Waals surface area contributed by atoms with E-state index >= 15 is 0 Å². The number of rotatable bonds is 9. The summed E-state index contributed by atoms with van der Waals surface area (Å²) in [5.74, 6) is 0.935. The summed E-state index contributed by atoms with van der Waals surface area (Å²) in [6.07, 6.45) is 9.06. The smallest absolute Gasteiger partial charge is 0.119 e. The lowest BCUT2D eigenvalue weighted by atomic mass is 10.0. The molecule has 0 N–H and O–H groups in total. The summed E-state index contributed by atoms with van der Waals surface area (Å²) in [7, 11) is 1.63. The molecule has 2 heterocycles. The Morgan fingerprint density at radius 2 is 1.61 bits per heavy atom. The molecule has 28 heavy (non-hydrogen) atoms. The third-order valence-corrected chi connectivity index (χ3v) is 6.01. The zero-order chi connectivity index (χ0) is 19.6. The van der Waals surface area contributed by atoms with Crippen molar-refractivity contribution in [3.8, 4) is 5.75 Å². The highest BCUT2D eigenvalue weighted by Crippen LogP contribution is 2.19. The number of benzene rings is 1. The Morgan fingerprint density at radius 3 is 2.25 bits per heavy atom. The lowest BCUT2D eigenvalue weighted by molar-refractivity contribution is 0.190. The van der Waals surface area contributed by atoms with E-state index in [2.05, 4.69) is 46.1 Å². The van der Waals surface area contributed by atoms with Gasteiger partial charge in [0.25, 0.3) is 0 Å². The van der Waals surface area contributed by atoms with Gasteiger partial charge in [-0.15, -0.1) is 0 Å². The van der Waals surface area contributed by atoms with E-state index in [1.807, 2.05) is 0 Å². The van der Waals surface area contributed by atoms with Crippen molar-refractivity contribution >= 4 is 5.71 Å². The second-order valence-electron chi connectivity index (χ2n) is 8.06. The first kappa shape index (κ1) is 21.1. The van der Waals surface area contributed by atoms with E-state index in [9.17, 15) is 0 Å². The predicted octanol–water partition coefficient (Wildman–Crippen LogP) is 4.17. The summed E-state index contributed by atoms with van der Waals surface area (Å²) in [4.78, 5) is 10.2. The molecular weight excluding hydrogens is 350 g/mol. The van der Waals surface area contributed by atoms with Gasteiger partial charge in [-0.1, -0.05) is 18.0 Å². The molecule has 2 saturated heterocycles. The van der Waals surface area contributed by atoms with Gasteiger partial charge >= 0.3 is 0 Å². The van der Waals surface area contributed by atoms with Crippen molar-refractivity contribution in [2.24, 2.45) is 5.16 Å². The van der Waals surface area contributed by atoms with E-state index in [1.165, 1.54) is 51.6 Å². The first-order valence-corrected chi connectivity index (χ1v) is 11.1. The van der Waals surface area contributed by atoms with E-state index in [1.54, 1.807) is 7.11 Å². The number of hydrogen-bond donors (Lipinski definition) is 0. The molecular formula is C23H37N3O2. The van der Waals surface area contributed by atoms with Crippen molar-refractivity contribution in [1.82, 2.24) is 9.80 Å². The Labute approximate surface area is 170 Å². The van der Waals surface area contributed by atoms with Crippen molar-refractivity contribution < 1.29 is 9.57 Å². The summed E-state index contributed by atoms with van der Waals surface area (Å²) in [6.45, 7) is 8.95. The SMILES string of the molecule is CO/N=C(\c1ccc(OCCCN2CCCCC2)cc1)C(C)N1CCCCC1. The maximum Gasteiger partial charge on any atom is 0.119 e. The quantitative estimate of drug-likeness (QED) is 0.362. The molecule has 0 aliphatic carbocycles. The van der Waals surface area contributed by atoms with Gasteiger partial charge in [0, 0.05) is 12.1 Å². The second kappa shape index (κ2) is 11.4. The van der Waals surface area contributed by atoms with Gasteiger partial charge in [0.2, 0.25) is 0 Å². The summed E-state index contributed by atoms with van der Waals surface area (Å²) < 4.78 is 5.96. The molecule has 0 bridgehead atoms. The number of likely N-dealkylation sites (tertiary alicyclic amines) is 2. The molecule has 156 valence electrons. The van der Waals surface area contributed by atoms with E-state index in [4.69, 9.17) is 9.57 Å². The maximum absolute atomic E-state index is 5.96. The van der Waals surface area contributed by atoms with Gasteiger partial charge in [0.1, 0.15) is 18.6 Å². The summed E-state index contributed by atoms with van der Waals surface area (Å²) >= 11 is 0. The Hall–Kier alpha value is -1.59. The van der Waals surface area contributed by atoms with Gasteiger partial charge in [-0.05, 0) is 89.5 Å². The normalized spacial score (nSPS) is 20.7. The van der Waals surface area contributed by atoms with Crippen LogP contribution in [0.4, 0.5) is 0 Å². The van der Waals surface area contributed by atoms with Crippen LogP contribution in [-0.2, 0) is 4.84 Å². The Bertz CT molecular complexity index is 590. The van der Waals surface area contributed by atoms with Crippen LogP contribution < -0.4 is 4.74 Å². The highest BCUT2D eigenvalue weighted by molar-refractivity contribution is 6.04. The van der Waals surface area contributed by atoms with Crippen LogP contribution in [0.2, 0.25) is 0 Å². The zero-order valence-corrected chi connectivity index (χ0v) is 17.7. The maximum atomic E-state index is 5.96. The van der Waals surface area contributed by atoms with Gasteiger partial charge in [0.05, 0.1) is 12.6 Å².